The van der Waals surface area contributed by atoms with Crippen molar-refractivity contribution in [1.29, 1.82) is 0 Å². The monoisotopic (exact) mass is 228 g/mol. The van der Waals surface area contributed by atoms with E-state index < -0.39 is 0 Å². The van der Waals surface area contributed by atoms with E-state index in [4.69, 9.17) is 5.73 Å². The van der Waals surface area contributed by atoms with E-state index in [0.717, 1.165) is 15.6 Å². The van der Waals surface area contributed by atoms with Gasteiger partial charge in [0.2, 0.25) is 5.95 Å². The van der Waals surface area contributed by atoms with Crippen LogP contribution in [-0.4, -0.2) is 30.9 Å². The summed E-state index contributed by atoms with van der Waals surface area (Å²) < 4.78 is 1.07. The van der Waals surface area contributed by atoms with Crippen molar-refractivity contribution in [3.63, 3.8) is 0 Å². The highest BCUT2D eigenvalue weighted by molar-refractivity contribution is 6.05. The molecule has 7 heteroatoms. The highest BCUT2D eigenvalue weighted by Crippen LogP contribution is 2.15. The Bertz CT molecular complexity index is 697. The number of aromatic nitrogens is 5. The van der Waals surface area contributed by atoms with Gasteiger partial charge in [0.25, 0.3) is 0 Å². The summed E-state index contributed by atoms with van der Waals surface area (Å²) in [5.41, 5.74) is 6.45. The Morgan fingerprint density at radius 1 is 1.35 bits per heavy atom. The predicted molar refractivity (Wildman–Crippen MR) is 60.3 cm³/mol. The summed E-state index contributed by atoms with van der Waals surface area (Å²) in [5.74, 6) is -0.315. The van der Waals surface area contributed by atoms with Crippen molar-refractivity contribution in [2.75, 3.05) is 5.73 Å². The lowest BCUT2D eigenvalue weighted by Crippen LogP contribution is -2.13. The van der Waals surface area contributed by atoms with E-state index in [2.05, 4.69) is 20.3 Å². The molecule has 7 nitrogen and oxygen atoms in total. The summed E-state index contributed by atoms with van der Waals surface area (Å²) in [4.78, 5) is 15.8. The van der Waals surface area contributed by atoms with Gasteiger partial charge in [-0.1, -0.05) is 18.2 Å². The Morgan fingerprint density at radius 3 is 2.94 bits per heavy atom. The molecule has 84 valence electrons. The molecule has 0 bridgehead atoms. The maximum absolute atomic E-state index is 12.1. The number of nitrogens with one attached hydrogen (secondary N) is 1. The molecule has 0 aliphatic heterocycles. The number of fused-ring (bicyclic) bond motifs is 1. The van der Waals surface area contributed by atoms with Crippen LogP contribution in [0.15, 0.2) is 30.6 Å². The molecule has 3 rings (SSSR count). The number of carbonyl (C=O) groups excluding carboxylic acids is 1. The van der Waals surface area contributed by atoms with Crippen LogP contribution in [0.4, 0.5) is 5.95 Å². The van der Waals surface area contributed by atoms with Gasteiger partial charge in [0, 0.05) is 5.39 Å². The van der Waals surface area contributed by atoms with Crippen molar-refractivity contribution in [1.82, 2.24) is 25.0 Å². The van der Waals surface area contributed by atoms with E-state index in [1.165, 1.54) is 6.33 Å². The Morgan fingerprint density at radius 2 is 2.18 bits per heavy atom. The van der Waals surface area contributed by atoms with Gasteiger partial charge in [-0.15, -0.1) is 5.10 Å². The predicted octanol–water partition coefficient (Wildman–Crippen LogP) is 0.425. The smallest absolute Gasteiger partial charge is 0.300 e. The van der Waals surface area contributed by atoms with Crippen LogP contribution in [0.25, 0.3) is 10.9 Å². The third-order valence-electron chi connectivity index (χ3n) is 2.39. The number of aromatic amines is 1. The lowest BCUT2D eigenvalue weighted by molar-refractivity contribution is 0.0941. The van der Waals surface area contributed by atoms with E-state index in [1.807, 2.05) is 24.3 Å². The standard InChI is InChI=1S/C10H8N6O/c11-10-12-5-16(15-10)9(17)8-6-3-1-2-4-7(6)13-14-8/h1-5H,(H2,11,15)(H,13,14). The topological polar surface area (TPSA) is 102 Å². The average Bonchev–Trinajstić information content (AvgIpc) is 2.94. The van der Waals surface area contributed by atoms with Crippen LogP contribution >= 0.6 is 0 Å². The van der Waals surface area contributed by atoms with Gasteiger partial charge in [-0.05, 0) is 6.07 Å². The number of benzene rings is 1. The van der Waals surface area contributed by atoms with Gasteiger partial charge in [0.15, 0.2) is 5.69 Å². The number of rotatable bonds is 1. The minimum atomic E-state index is -0.369. The molecule has 2 aromatic heterocycles. The van der Waals surface area contributed by atoms with Crippen molar-refractivity contribution < 1.29 is 4.79 Å². The number of anilines is 1. The molecule has 0 aliphatic rings. The SMILES string of the molecule is Nc1ncn(C(=O)c2n[nH]c3ccccc23)n1. The first-order chi connectivity index (χ1) is 8.25. The second kappa shape index (κ2) is 3.41. The molecule has 17 heavy (non-hydrogen) atoms. The Balaban J connectivity index is 2.13. The summed E-state index contributed by atoms with van der Waals surface area (Å²) in [5, 5.41) is 11.3. The molecule has 1 aromatic carbocycles. The quantitative estimate of drug-likeness (QED) is 0.628. The minimum absolute atomic E-state index is 0.0539. The van der Waals surface area contributed by atoms with E-state index in [-0.39, 0.29) is 11.9 Å². The average molecular weight is 228 g/mol. The number of carbonyl (C=O) groups is 1. The maximum atomic E-state index is 12.1. The van der Waals surface area contributed by atoms with Gasteiger partial charge < -0.3 is 5.73 Å². The molecule has 0 unspecified atom stereocenters. The second-order valence-corrected chi connectivity index (χ2v) is 3.47. The number of para-hydroxylation sites is 1. The molecule has 0 saturated heterocycles. The van der Waals surface area contributed by atoms with Gasteiger partial charge in [-0.2, -0.15) is 9.78 Å². The molecule has 3 aromatic rings. The molecule has 0 aliphatic carbocycles. The molecule has 0 amide bonds. The first-order valence-corrected chi connectivity index (χ1v) is 4.90. The molecule has 0 radical (unpaired) electrons. The number of hydrogen-bond donors (Lipinski definition) is 2. The molecule has 0 saturated carbocycles. The van der Waals surface area contributed by atoms with Gasteiger partial charge in [-0.3, -0.25) is 9.89 Å². The van der Waals surface area contributed by atoms with Gasteiger partial charge >= 0.3 is 5.91 Å². The largest absolute Gasteiger partial charge is 0.366 e. The summed E-state index contributed by atoms with van der Waals surface area (Å²) in [6, 6.07) is 7.35. The number of nitrogens with zero attached hydrogens (tertiary/aromatic N) is 4. The lowest BCUT2D eigenvalue weighted by Gasteiger charge is -1.95. The molecular weight excluding hydrogens is 220 g/mol. The molecule has 0 atom stereocenters. The van der Waals surface area contributed by atoms with Crippen LogP contribution in [-0.2, 0) is 0 Å². The summed E-state index contributed by atoms with van der Waals surface area (Å²) in [6.45, 7) is 0. The first kappa shape index (κ1) is 9.52. The van der Waals surface area contributed by atoms with Crippen LogP contribution in [0.5, 0.6) is 0 Å². The molecule has 0 spiro atoms. The van der Waals surface area contributed by atoms with Crippen LogP contribution < -0.4 is 5.73 Å². The van der Waals surface area contributed by atoms with Gasteiger partial charge in [0.1, 0.15) is 6.33 Å². The number of hydrogen-bond acceptors (Lipinski definition) is 5. The fourth-order valence-corrected chi connectivity index (χ4v) is 1.61. The zero-order valence-corrected chi connectivity index (χ0v) is 8.66. The number of nitrogens with two attached hydrogens (primary N) is 1. The summed E-state index contributed by atoms with van der Waals surface area (Å²) in [6.07, 6.45) is 1.27. The number of nitrogen functional groups attached to an aromatic ring is 1. The van der Waals surface area contributed by atoms with E-state index in [9.17, 15) is 4.79 Å². The molecule has 2 heterocycles. The molecule has 0 fully saturated rings. The van der Waals surface area contributed by atoms with E-state index in [1.54, 1.807) is 0 Å². The van der Waals surface area contributed by atoms with Crippen molar-refractivity contribution >= 4 is 22.8 Å². The van der Waals surface area contributed by atoms with Crippen molar-refractivity contribution in [3.05, 3.63) is 36.3 Å². The fraction of sp³-hybridized carbons (Fsp3) is 0. The third kappa shape index (κ3) is 1.44. The van der Waals surface area contributed by atoms with Crippen LogP contribution in [0.1, 0.15) is 10.5 Å². The fourth-order valence-electron chi connectivity index (χ4n) is 1.61. The molecule has 3 N–H and O–H groups in total. The van der Waals surface area contributed by atoms with Crippen molar-refractivity contribution in [2.24, 2.45) is 0 Å². The highest BCUT2D eigenvalue weighted by Gasteiger charge is 2.16. The lowest BCUT2D eigenvalue weighted by atomic mass is 10.2. The normalized spacial score (nSPS) is 10.8. The zero-order valence-electron chi connectivity index (χ0n) is 8.66. The maximum Gasteiger partial charge on any atom is 0.300 e. The van der Waals surface area contributed by atoms with Crippen molar-refractivity contribution in [3.8, 4) is 0 Å². The van der Waals surface area contributed by atoms with E-state index in [0.29, 0.717) is 5.69 Å². The van der Waals surface area contributed by atoms with E-state index >= 15 is 0 Å². The summed E-state index contributed by atoms with van der Waals surface area (Å²) in [7, 11) is 0. The molecular formula is C10H8N6O. The van der Waals surface area contributed by atoms with Crippen LogP contribution in [0.3, 0.4) is 0 Å². The van der Waals surface area contributed by atoms with Crippen LogP contribution in [0, 0.1) is 0 Å². The van der Waals surface area contributed by atoms with Crippen LogP contribution in [0.2, 0.25) is 0 Å². The first-order valence-electron chi connectivity index (χ1n) is 4.90. The second-order valence-electron chi connectivity index (χ2n) is 3.47. The van der Waals surface area contributed by atoms with Gasteiger partial charge in [0.05, 0.1) is 5.52 Å². The zero-order chi connectivity index (χ0) is 11.8. The summed E-state index contributed by atoms with van der Waals surface area (Å²) >= 11 is 0. The number of H-pyrrole nitrogens is 1. The highest BCUT2D eigenvalue weighted by atomic mass is 16.2. The third-order valence-corrected chi connectivity index (χ3v) is 2.39. The Kier molecular flexibility index (Phi) is 1.91. The van der Waals surface area contributed by atoms with Crippen molar-refractivity contribution in [2.45, 2.75) is 0 Å². The minimum Gasteiger partial charge on any atom is -0.366 e. The Hall–Kier alpha value is -2.70. The van der Waals surface area contributed by atoms with Gasteiger partial charge in [-0.25, -0.2) is 4.98 Å². The Labute approximate surface area is 95.3 Å².